The van der Waals surface area contributed by atoms with Gasteiger partial charge in [0.05, 0.1) is 6.10 Å². The molecule has 3 nitrogen and oxygen atoms in total. The molecule has 2 rings (SSSR count). The molecule has 1 aliphatic heterocycles. The molecule has 2 unspecified atom stereocenters. The van der Waals surface area contributed by atoms with Crippen molar-refractivity contribution >= 4 is 5.69 Å². The Morgan fingerprint density at radius 2 is 2.05 bits per heavy atom. The molecule has 3 heteroatoms. The molecule has 0 aromatic heterocycles. The molecule has 1 fully saturated rings. The fraction of sp³-hybridized carbons (Fsp3) is 0.667. The molecule has 0 bridgehead atoms. The first kappa shape index (κ1) is 16.3. The highest BCUT2D eigenvalue weighted by atomic mass is 16.5. The largest absolute Gasteiger partial charge is 0.377 e. The molecule has 1 saturated heterocycles. The van der Waals surface area contributed by atoms with Crippen LogP contribution in [0.5, 0.6) is 0 Å². The molecule has 1 aliphatic rings. The molecule has 0 saturated carbocycles. The molecular formula is C18H30N2O. The number of ether oxygens (including phenoxy) is 1. The molecule has 0 aliphatic carbocycles. The normalized spacial score (nSPS) is 20.5. The Labute approximate surface area is 129 Å². The van der Waals surface area contributed by atoms with Crippen LogP contribution in [0.3, 0.4) is 0 Å². The van der Waals surface area contributed by atoms with Crippen molar-refractivity contribution in [1.29, 1.82) is 0 Å². The van der Waals surface area contributed by atoms with Crippen LogP contribution < -0.4 is 10.2 Å². The lowest BCUT2D eigenvalue weighted by molar-refractivity contribution is 0.0527. The number of benzene rings is 1. The average Bonchev–Trinajstić information content (AvgIpc) is 2.53. The molecule has 21 heavy (non-hydrogen) atoms. The maximum Gasteiger partial charge on any atom is 0.0750 e. The summed E-state index contributed by atoms with van der Waals surface area (Å²) in [6.45, 7) is 10.6. The van der Waals surface area contributed by atoms with Crippen LogP contribution in [-0.2, 0) is 4.74 Å². The van der Waals surface area contributed by atoms with Gasteiger partial charge in [-0.05, 0) is 57.4 Å². The van der Waals surface area contributed by atoms with Crippen molar-refractivity contribution in [3.63, 3.8) is 0 Å². The monoisotopic (exact) mass is 290 g/mol. The first-order valence-electron chi connectivity index (χ1n) is 8.44. The zero-order valence-electron chi connectivity index (χ0n) is 13.8. The number of nitrogens with zero attached hydrogens (tertiary/aromatic N) is 1. The second-order valence-electron chi connectivity index (χ2n) is 5.93. The second kappa shape index (κ2) is 8.40. The van der Waals surface area contributed by atoms with E-state index in [9.17, 15) is 0 Å². The van der Waals surface area contributed by atoms with Crippen LogP contribution in [0, 0.1) is 0 Å². The fourth-order valence-corrected chi connectivity index (χ4v) is 3.00. The highest BCUT2D eigenvalue weighted by Crippen LogP contribution is 2.23. The van der Waals surface area contributed by atoms with Gasteiger partial charge in [-0.25, -0.2) is 0 Å². The van der Waals surface area contributed by atoms with Crippen molar-refractivity contribution in [3.05, 3.63) is 29.8 Å². The van der Waals surface area contributed by atoms with Gasteiger partial charge in [0.15, 0.2) is 0 Å². The van der Waals surface area contributed by atoms with Gasteiger partial charge in [-0.3, -0.25) is 0 Å². The molecule has 1 N–H and O–H groups in total. The van der Waals surface area contributed by atoms with E-state index in [-0.39, 0.29) is 0 Å². The molecule has 0 spiro atoms. The standard InChI is InChI=1S/C18H30N2O/c1-4-12-19-15(3)16-8-10-17(11-9-16)20-13-6-7-18(14-20)21-5-2/h8-11,15,18-19H,4-7,12-14H2,1-3H3. The number of nitrogens with one attached hydrogen (secondary N) is 1. The molecule has 0 amide bonds. The third-order valence-corrected chi connectivity index (χ3v) is 4.24. The van der Waals surface area contributed by atoms with Crippen LogP contribution in [0.25, 0.3) is 0 Å². The predicted octanol–water partition coefficient (Wildman–Crippen LogP) is 3.75. The Bertz CT molecular complexity index is 402. The van der Waals surface area contributed by atoms with E-state index in [0.29, 0.717) is 12.1 Å². The first-order chi connectivity index (χ1) is 10.2. The highest BCUT2D eigenvalue weighted by molar-refractivity contribution is 5.48. The summed E-state index contributed by atoms with van der Waals surface area (Å²) in [7, 11) is 0. The number of anilines is 1. The molecular weight excluding hydrogens is 260 g/mol. The fourth-order valence-electron chi connectivity index (χ4n) is 3.00. The third kappa shape index (κ3) is 4.72. The van der Waals surface area contributed by atoms with E-state index in [4.69, 9.17) is 4.74 Å². The van der Waals surface area contributed by atoms with Gasteiger partial charge in [0.2, 0.25) is 0 Å². The molecule has 1 aromatic carbocycles. The SMILES string of the molecule is CCCNC(C)c1ccc(N2CCCC(OCC)C2)cc1. The van der Waals surface area contributed by atoms with Crippen molar-refractivity contribution in [2.24, 2.45) is 0 Å². The van der Waals surface area contributed by atoms with E-state index in [0.717, 1.165) is 26.2 Å². The summed E-state index contributed by atoms with van der Waals surface area (Å²) in [5, 5.41) is 3.54. The second-order valence-corrected chi connectivity index (χ2v) is 5.93. The van der Waals surface area contributed by atoms with Gasteiger partial charge in [-0.2, -0.15) is 0 Å². The van der Waals surface area contributed by atoms with Gasteiger partial charge in [-0.1, -0.05) is 19.1 Å². The van der Waals surface area contributed by atoms with Crippen molar-refractivity contribution in [2.45, 2.75) is 52.2 Å². The summed E-state index contributed by atoms with van der Waals surface area (Å²) in [5.74, 6) is 0. The van der Waals surface area contributed by atoms with Gasteiger partial charge in [0.25, 0.3) is 0 Å². The quantitative estimate of drug-likeness (QED) is 0.827. The van der Waals surface area contributed by atoms with Crippen LogP contribution in [0.1, 0.15) is 51.6 Å². The zero-order chi connectivity index (χ0) is 15.1. The van der Waals surface area contributed by atoms with E-state index >= 15 is 0 Å². The molecule has 1 heterocycles. The van der Waals surface area contributed by atoms with Gasteiger partial charge in [-0.15, -0.1) is 0 Å². The summed E-state index contributed by atoms with van der Waals surface area (Å²) >= 11 is 0. The smallest absolute Gasteiger partial charge is 0.0750 e. The van der Waals surface area contributed by atoms with Gasteiger partial charge < -0.3 is 15.0 Å². The van der Waals surface area contributed by atoms with Crippen LogP contribution in [0.4, 0.5) is 5.69 Å². The minimum absolute atomic E-state index is 0.397. The number of hydrogen-bond acceptors (Lipinski definition) is 3. The van der Waals surface area contributed by atoms with E-state index in [1.54, 1.807) is 0 Å². The topological polar surface area (TPSA) is 24.5 Å². The minimum Gasteiger partial charge on any atom is -0.377 e. The van der Waals surface area contributed by atoms with Crippen molar-refractivity contribution in [1.82, 2.24) is 5.32 Å². The summed E-state index contributed by atoms with van der Waals surface area (Å²) in [6.07, 6.45) is 3.99. The van der Waals surface area contributed by atoms with Crippen LogP contribution in [0.2, 0.25) is 0 Å². The lowest BCUT2D eigenvalue weighted by atomic mass is 10.0. The van der Waals surface area contributed by atoms with Crippen LogP contribution in [0.15, 0.2) is 24.3 Å². The predicted molar refractivity (Wildman–Crippen MR) is 90.0 cm³/mol. The minimum atomic E-state index is 0.397. The average molecular weight is 290 g/mol. The molecule has 2 atom stereocenters. The Morgan fingerprint density at radius 1 is 1.29 bits per heavy atom. The number of piperidine rings is 1. The Kier molecular flexibility index (Phi) is 6.52. The summed E-state index contributed by atoms with van der Waals surface area (Å²) in [4.78, 5) is 2.46. The van der Waals surface area contributed by atoms with Crippen molar-refractivity contribution < 1.29 is 4.74 Å². The number of rotatable bonds is 7. The highest BCUT2D eigenvalue weighted by Gasteiger charge is 2.20. The van der Waals surface area contributed by atoms with Crippen LogP contribution in [-0.4, -0.2) is 32.3 Å². The zero-order valence-corrected chi connectivity index (χ0v) is 13.8. The third-order valence-electron chi connectivity index (χ3n) is 4.24. The van der Waals surface area contributed by atoms with E-state index in [1.165, 1.54) is 30.5 Å². The van der Waals surface area contributed by atoms with Gasteiger partial charge in [0.1, 0.15) is 0 Å². The first-order valence-corrected chi connectivity index (χ1v) is 8.44. The molecule has 118 valence electrons. The Morgan fingerprint density at radius 3 is 2.71 bits per heavy atom. The lowest BCUT2D eigenvalue weighted by Gasteiger charge is -2.34. The maximum absolute atomic E-state index is 5.79. The molecule has 0 radical (unpaired) electrons. The molecule has 1 aromatic rings. The van der Waals surface area contributed by atoms with E-state index in [1.807, 2.05) is 0 Å². The number of hydrogen-bond donors (Lipinski definition) is 1. The Hall–Kier alpha value is -1.06. The van der Waals surface area contributed by atoms with Crippen molar-refractivity contribution in [2.75, 3.05) is 31.1 Å². The van der Waals surface area contributed by atoms with Crippen molar-refractivity contribution in [3.8, 4) is 0 Å². The summed E-state index contributed by atoms with van der Waals surface area (Å²) in [5.41, 5.74) is 2.69. The lowest BCUT2D eigenvalue weighted by Crippen LogP contribution is -2.39. The van der Waals surface area contributed by atoms with E-state index < -0.39 is 0 Å². The summed E-state index contributed by atoms with van der Waals surface area (Å²) < 4.78 is 5.79. The Balaban J connectivity index is 1.94. The van der Waals surface area contributed by atoms with Gasteiger partial charge >= 0.3 is 0 Å². The van der Waals surface area contributed by atoms with E-state index in [2.05, 4.69) is 55.3 Å². The summed E-state index contributed by atoms with van der Waals surface area (Å²) in [6, 6.07) is 9.46. The van der Waals surface area contributed by atoms with Gasteiger partial charge in [0, 0.05) is 31.4 Å². The maximum atomic E-state index is 5.79. The van der Waals surface area contributed by atoms with Crippen LogP contribution >= 0.6 is 0 Å².